The quantitative estimate of drug-likeness (QED) is 0.211. The minimum absolute atomic E-state index is 0. The lowest BCUT2D eigenvalue weighted by Gasteiger charge is -2.23. The molecule has 0 N–H and O–H groups in total. The zero-order valence-corrected chi connectivity index (χ0v) is 21.0. The van der Waals surface area contributed by atoms with E-state index in [0.29, 0.717) is 0 Å². The Kier molecular flexibility index (Phi) is 10.4. The molecule has 3 aromatic carbocycles. The summed E-state index contributed by atoms with van der Waals surface area (Å²) in [5, 5.41) is 2.62. The van der Waals surface area contributed by atoms with E-state index in [1.807, 2.05) is 43.4 Å². The van der Waals surface area contributed by atoms with Gasteiger partial charge in [0.2, 0.25) is 0 Å². The molecule has 0 radical (unpaired) electrons. The van der Waals surface area contributed by atoms with Gasteiger partial charge in [-0.2, -0.15) is 0 Å². The van der Waals surface area contributed by atoms with Crippen molar-refractivity contribution >= 4 is 28.5 Å². The van der Waals surface area contributed by atoms with E-state index < -0.39 is 6.04 Å². The van der Waals surface area contributed by atoms with Crippen molar-refractivity contribution in [2.45, 2.75) is 6.42 Å². The van der Waals surface area contributed by atoms with Crippen molar-refractivity contribution in [2.24, 2.45) is 7.05 Å². The molecule has 1 aromatic heterocycles. The molecule has 0 atom stereocenters. The highest BCUT2D eigenvalue weighted by molar-refractivity contribution is 8.21. The third kappa shape index (κ3) is 7.16. The Morgan fingerprint density at radius 2 is 1.00 bits per heavy atom. The lowest BCUT2D eigenvalue weighted by atomic mass is 10.2. The molecule has 154 valence electrons. The minimum Gasteiger partial charge on any atom is -1.00 e. The molecule has 0 aliphatic carbocycles. The summed E-state index contributed by atoms with van der Waals surface area (Å²) < 4.78 is 2.06. The van der Waals surface area contributed by atoms with Gasteiger partial charge < -0.3 is 24.0 Å². The SMILES string of the molecule is C[n+]1ccc(CCP(=S)(c2ccccc2)c2ccccc2)cc1.[I-].c1ccccc1. The molecule has 30 heavy (non-hydrogen) atoms. The average Bonchev–Trinajstić information content (AvgIpc) is 2.81. The Bertz CT molecular complexity index is 953. The van der Waals surface area contributed by atoms with Crippen LogP contribution in [-0.2, 0) is 25.3 Å². The van der Waals surface area contributed by atoms with Gasteiger partial charge >= 0.3 is 0 Å². The first-order chi connectivity index (χ1) is 14.2. The largest absolute Gasteiger partial charge is 1.00 e. The zero-order valence-electron chi connectivity index (χ0n) is 17.1. The van der Waals surface area contributed by atoms with Gasteiger partial charge in [0, 0.05) is 18.2 Å². The number of nitrogens with zero attached hydrogens (tertiary/aromatic N) is 1. The second kappa shape index (κ2) is 12.8. The van der Waals surface area contributed by atoms with Crippen LogP contribution in [0, 0.1) is 0 Å². The van der Waals surface area contributed by atoms with E-state index in [2.05, 4.69) is 89.8 Å². The van der Waals surface area contributed by atoms with Crippen LogP contribution in [0.4, 0.5) is 0 Å². The Balaban J connectivity index is 0.000000395. The number of halogens is 1. The fraction of sp³-hybridized carbons (Fsp3) is 0.115. The Hall–Kier alpha value is -1.81. The van der Waals surface area contributed by atoms with Crippen LogP contribution in [0.1, 0.15) is 5.56 Å². The second-order valence-corrected chi connectivity index (χ2v) is 11.7. The van der Waals surface area contributed by atoms with Crippen LogP contribution in [0.5, 0.6) is 0 Å². The first-order valence-electron chi connectivity index (χ1n) is 9.83. The van der Waals surface area contributed by atoms with Crippen LogP contribution in [-0.4, -0.2) is 6.16 Å². The molecule has 0 spiro atoms. The third-order valence-corrected chi connectivity index (χ3v) is 9.71. The van der Waals surface area contributed by atoms with Crippen LogP contribution in [0.25, 0.3) is 0 Å². The van der Waals surface area contributed by atoms with E-state index in [1.54, 1.807) is 0 Å². The second-order valence-electron chi connectivity index (χ2n) is 6.91. The molecule has 4 rings (SSSR count). The van der Waals surface area contributed by atoms with Crippen LogP contribution in [0.3, 0.4) is 0 Å². The molecule has 4 aromatic rings. The molecular formula is C26H27INPS. The van der Waals surface area contributed by atoms with E-state index in [0.717, 1.165) is 12.6 Å². The van der Waals surface area contributed by atoms with Gasteiger partial charge in [0.05, 0.1) is 0 Å². The highest BCUT2D eigenvalue weighted by Crippen LogP contribution is 2.44. The summed E-state index contributed by atoms with van der Waals surface area (Å²) in [6, 6.07) is 35.9. The van der Waals surface area contributed by atoms with Gasteiger partial charge in [-0.25, -0.2) is 4.57 Å². The van der Waals surface area contributed by atoms with E-state index >= 15 is 0 Å². The summed E-state index contributed by atoms with van der Waals surface area (Å²) in [4.78, 5) is 0. The van der Waals surface area contributed by atoms with Crippen molar-refractivity contribution in [1.82, 2.24) is 0 Å². The highest BCUT2D eigenvalue weighted by atomic mass is 127. The first kappa shape index (κ1) is 24.5. The number of hydrogen-bond donors (Lipinski definition) is 0. The van der Waals surface area contributed by atoms with Crippen LogP contribution in [0.15, 0.2) is 122 Å². The summed E-state index contributed by atoms with van der Waals surface area (Å²) in [5.74, 6) is 0. The summed E-state index contributed by atoms with van der Waals surface area (Å²) in [5.41, 5.74) is 1.35. The summed E-state index contributed by atoms with van der Waals surface area (Å²) in [6.07, 6.45) is 6.24. The van der Waals surface area contributed by atoms with Gasteiger partial charge in [0.15, 0.2) is 12.4 Å². The zero-order chi connectivity index (χ0) is 20.4. The maximum Gasteiger partial charge on any atom is 0.168 e. The van der Waals surface area contributed by atoms with Crippen molar-refractivity contribution in [2.75, 3.05) is 6.16 Å². The standard InChI is InChI=1S/C20H21NPS.C6H6.HI/c1-21-15-12-18(13-16-21)14-17-22(23,19-8-4-2-5-9-19)20-10-6-3-7-11-20;1-2-4-6-5-3-1;/h2-13,15-16H,14,17H2,1H3;1-6H;1H/q+1;;/p-1. The van der Waals surface area contributed by atoms with Crippen molar-refractivity contribution in [3.63, 3.8) is 0 Å². The Labute approximate surface area is 202 Å². The molecule has 0 saturated heterocycles. The van der Waals surface area contributed by atoms with Crippen molar-refractivity contribution in [3.05, 3.63) is 127 Å². The predicted molar refractivity (Wildman–Crippen MR) is 129 cm³/mol. The van der Waals surface area contributed by atoms with Crippen molar-refractivity contribution in [3.8, 4) is 0 Å². The van der Waals surface area contributed by atoms with Crippen LogP contribution >= 0.6 is 6.04 Å². The maximum atomic E-state index is 6.27. The maximum absolute atomic E-state index is 6.27. The molecule has 0 aliphatic heterocycles. The monoisotopic (exact) mass is 543 g/mol. The minimum atomic E-state index is -1.77. The molecular weight excluding hydrogens is 516 g/mol. The molecule has 0 fully saturated rings. The van der Waals surface area contributed by atoms with E-state index in [1.165, 1.54) is 16.2 Å². The summed E-state index contributed by atoms with van der Waals surface area (Å²) in [7, 11) is 2.04. The fourth-order valence-electron chi connectivity index (χ4n) is 3.11. The summed E-state index contributed by atoms with van der Waals surface area (Å²) in [6.45, 7) is 0. The smallest absolute Gasteiger partial charge is 0.168 e. The van der Waals surface area contributed by atoms with Crippen LogP contribution < -0.4 is 39.2 Å². The van der Waals surface area contributed by atoms with Gasteiger partial charge in [-0.1, -0.05) is 109 Å². The molecule has 0 unspecified atom stereocenters. The Morgan fingerprint density at radius 3 is 1.40 bits per heavy atom. The topological polar surface area (TPSA) is 3.88 Å². The third-order valence-electron chi connectivity index (χ3n) is 4.78. The number of hydrogen-bond acceptors (Lipinski definition) is 1. The Morgan fingerprint density at radius 1 is 0.633 bits per heavy atom. The van der Waals surface area contributed by atoms with Gasteiger partial charge in [-0.3, -0.25) is 0 Å². The average molecular weight is 543 g/mol. The fourth-order valence-corrected chi connectivity index (χ4v) is 6.81. The van der Waals surface area contributed by atoms with Gasteiger partial charge in [-0.05, 0) is 28.8 Å². The van der Waals surface area contributed by atoms with Crippen molar-refractivity contribution < 1.29 is 28.5 Å². The number of aryl methyl sites for hydroxylation is 2. The molecule has 1 heterocycles. The van der Waals surface area contributed by atoms with Crippen LogP contribution in [0.2, 0.25) is 0 Å². The predicted octanol–water partition coefficient (Wildman–Crippen LogP) is 1.87. The van der Waals surface area contributed by atoms with E-state index in [4.69, 9.17) is 11.8 Å². The number of benzene rings is 3. The lowest BCUT2D eigenvalue weighted by Crippen LogP contribution is -3.00. The molecule has 0 amide bonds. The molecule has 0 saturated carbocycles. The molecule has 4 heteroatoms. The van der Waals surface area contributed by atoms with Gasteiger partial charge in [-0.15, -0.1) is 0 Å². The highest BCUT2D eigenvalue weighted by Gasteiger charge is 2.21. The molecule has 0 aliphatic rings. The normalized spacial score (nSPS) is 10.3. The number of pyridine rings is 1. The lowest BCUT2D eigenvalue weighted by molar-refractivity contribution is -0.671. The molecule has 1 nitrogen and oxygen atoms in total. The summed E-state index contributed by atoms with van der Waals surface area (Å²) >= 11 is 6.27. The first-order valence-corrected chi connectivity index (χ1v) is 12.8. The number of rotatable bonds is 5. The van der Waals surface area contributed by atoms with Gasteiger partial charge in [0.25, 0.3) is 0 Å². The molecule has 0 bridgehead atoms. The van der Waals surface area contributed by atoms with E-state index in [9.17, 15) is 0 Å². The van der Waals surface area contributed by atoms with Gasteiger partial charge in [0.1, 0.15) is 7.05 Å². The van der Waals surface area contributed by atoms with E-state index in [-0.39, 0.29) is 24.0 Å². The van der Waals surface area contributed by atoms with Crippen molar-refractivity contribution in [1.29, 1.82) is 0 Å². The number of aromatic nitrogens is 1.